The molecule has 1 aliphatic rings. The number of nitrogens with zero attached hydrogens (tertiary/aromatic N) is 3. The Kier molecular flexibility index (Phi) is 4.65. The van der Waals surface area contributed by atoms with Gasteiger partial charge in [0.25, 0.3) is 5.56 Å². The molecule has 0 unspecified atom stereocenters. The molecule has 2 N–H and O–H groups in total. The van der Waals surface area contributed by atoms with Crippen LogP contribution in [0.5, 0.6) is 5.75 Å². The Morgan fingerprint density at radius 1 is 1.40 bits per heavy atom. The number of fused-ring (bicyclic) bond motifs is 1. The normalized spacial score (nSPS) is 18.0. The molecule has 0 radical (unpaired) electrons. The Bertz CT molecular complexity index is 859. The molecule has 2 heterocycles. The van der Waals surface area contributed by atoms with Gasteiger partial charge in [-0.25, -0.2) is 9.78 Å². The quantitative estimate of drug-likeness (QED) is 0.891. The minimum atomic E-state index is -0.914. The van der Waals surface area contributed by atoms with Crippen LogP contribution in [0, 0.1) is 5.92 Å². The first-order chi connectivity index (χ1) is 11.9. The van der Waals surface area contributed by atoms with Gasteiger partial charge >= 0.3 is 6.09 Å². The predicted octanol–water partition coefficient (Wildman–Crippen LogP) is 2.62. The van der Waals surface area contributed by atoms with Crippen molar-refractivity contribution < 1.29 is 15.0 Å². The first kappa shape index (κ1) is 17.3. The molecular weight excluding hydrogens is 322 g/mol. The van der Waals surface area contributed by atoms with E-state index in [1.54, 1.807) is 10.6 Å². The van der Waals surface area contributed by atoms with Gasteiger partial charge in [0.2, 0.25) is 0 Å². The maximum atomic E-state index is 13.0. The van der Waals surface area contributed by atoms with Gasteiger partial charge in [-0.15, -0.1) is 0 Å². The minimum absolute atomic E-state index is 0.0324. The molecule has 1 atom stereocenters. The molecule has 1 amide bonds. The van der Waals surface area contributed by atoms with Gasteiger partial charge in [0.1, 0.15) is 11.6 Å². The summed E-state index contributed by atoms with van der Waals surface area (Å²) < 4.78 is 1.66. The summed E-state index contributed by atoms with van der Waals surface area (Å²) in [6.45, 7) is 5.37. The minimum Gasteiger partial charge on any atom is -0.508 e. The third-order valence-electron chi connectivity index (χ3n) is 4.71. The number of benzene rings is 1. The highest BCUT2D eigenvalue weighted by Gasteiger charge is 2.25. The summed E-state index contributed by atoms with van der Waals surface area (Å²) >= 11 is 0. The SMILES string of the molecule is CC(C)c1nc2ccc(O)cc2c(=O)n1C[C@@H]1CCCN(C(=O)O)C1. The largest absolute Gasteiger partial charge is 0.508 e. The lowest BCUT2D eigenvalue weighted by molar-refractivity contribution is 0.116. The van der Waals surface area contributed by atoms with Crippen molar-refractivity contribution >= 4 is 17.0 Å². The number of rotatable bonds is 3. The zero-order valence-electron chi connectivity index (χ0n) is 14.5. The van der Waals surface area contributed by atoms with Gasteiger partial charge in [-0.1, -0.05) is 13.8 Å². The average molecular weight is 345 g/mol. The zero-order valence-corrected chi connectivity index (χ0v) is 14.5. The van der Waals surface area contributed by atoms with Crippen LogP contribution < -0.4 is 5.56 Å². The van der Waals surface area contributed by atoms with Crippen molar-refractivity contribution in [3.63, 3.8) is 0 Å². The number of aromatic hydroxyl groups is 1. The van der Waals surface area contributed by atoms with Gasteiger partial charge in [0.05, 0.1) is 10.9 Å². The van der Waals surface area contributed by atoms with Crippen LogP contribution >= 0.6 is 0 Å². The fourth-order valence-electron chi connectivity index (χ4n) is 3.49. The van der Waals surface area contributed by atoms with Crippen molar-refractivity contribution in [3.05, 3.63) is 34.4 Å². The van der Waals surface area contributed by atoms with E-state index in [4.69, 9.17) is 0 Å². The molecule has 1 fully saturated rings. The van der Waals surface area contributed by atoms with Crippen LogP contribution in [-0.2, 0) is 6.54 Å². The molecule has 134 valence electrons. The van der Waals surface area contributed by atoms with E-state index in [9.17, 15) is 19.8 Å². The van der Waals surface area contributed by atoms with E-state index >= 15 is 0 Å². The highest BCUT2D eigenvalue weighted by atomic mass is 16.4. The Labute approximate surface area is 145 Å². The second-order valence-electron chi connectivity index (χ2n) is 6.98. The highest BCUT2D eigenvalue weighted by molar-refractivity contribution is 5.79. The van der Waals surface area contributed by atoms with Crippen LogP contribution in [0.1, 0.15) is 38.4 Å². The number of amides is 1. The van der Waals surface area contributed by atoms with Crippen molar-refractivity contribution in [2.24, 2.45) is 5.92 Å². The molecule has 2 aromatic rings. The molecule has 25 heavy (non-hydrogen) atoms. The summed E-state index contributed by atoms with van der Waals surface area (Å²) in [5.74, 6) is 0.863. The fraction of sp³-hybridized carbons (Fsp3) is 0.500. The lowest BCUT2D eigenvalue weighted by Gasteiger charge is -2.31. The number of likely N-dealkylation sites (tertiary alicyclic amines) is 1. The van der Waals surface area contributed by atoms with Gasteiger partial charge in [-0.2, -0.15) is 0 Å². The fourth-order valence-corrected chi connectivity index (χ4v) is 3.49. The number of hydrogen-bond acceptors (Lipinski definition) is 4. The number of aromatic nitrogens is 2. The number of carbonyl (C=O) groups is 1. The molecule has 0 saturated carbocycles. The van der Waals surface area contributed by atoms with Crippen LogP contribution in [0.2, 0.25) is 0 Å². The summed E-state index contributed by atoms with van der Waals surface area (Å²) in [5, 5.41) is 19.3. The van der Waals surface area contributed by atoms with E-state index < -0.39 is 6.09 Å². The van der Waals surface area contributed by atoms with Crippen LogP contribution in [0.25, 0.3) is 10.9 Å². The molecule has 0 bridgehead atoms. The molecule has 0 spiro atoms. The van der Waals surface area contributed by atoms with E-state index in [0.29, 0.717) is 36.4 Å². The Hall–Kier alpha value is -2.57. The van der Waals surface area contributed by atoms with Gasteiger partial charge in [0.15, 0.2) is 0 Å². The maximum Gasteiger partial charge on any atom is 0.407 e. The van der Waals surface area contributed by atoms with Gasteiger partial charge < -0.3 is 15.1 Å². The molecule has 3 rings (SSSR count). The molecule has 7 heteroatoms. The highest BCUT2D eigenvalue weighted by Crippen LogP contribution is 2.22. The summed E-state index contributed by atoms with van der Waals surface area (Å²) in [6, 6.07) is 4.61. The maximum absolute atomic E-state index is 13.0. The number of carboxylic acid groups (broad SMARTS) is 1. The molecule has 0 aliphatic carbocycles. The summed E-state index contributed by atoms with van der Waals surface area (Å²) in [5.41, 5.74) is 0.385. The molecule has 1 saturated heterocycles. The van der Waals surface area contributed by atoms with E-state index in [2.05, 4.69) is 4.98 Å². The van der Waals surface area contributed by atoms with Crippen LogP contribution in [-0.4, -0.2) is 43.8 Å². The molecule has 1 aromatic heterocycles. The van der Waals surface area contributed by atoms with Crippen LogP contribution in [0.3, 0.4) is 0 Å². The summed E-state index contributed by atoms with van der Waals surface area (Å²) in [7, 11) is 0. The van der Waals surface area contributed by atoms with Crippen molar-refractivity contribution in [3.8, 4) is 5.75 Å². The molecule has 1 aromatic carbocycles. The van der Waals surface area contributed by atoms with E-state index in [0.717, 1.165) is 12.8 Å². The number of hydrogen-bond donors (Lipinski definition) is 2. The summed E-state index contributed by atoms with van der Waals surface area (Å²) in [4.78, 5) is 30.2. The first-order valence-corrected chi connectivity index (χ1v) is 8.58. The van der Waals surface area contributed by atoms with E-state index in [1.807, 2.05) is 13.8 Å². The second kappa shape index (κ2) is 6.74. The molecular formula is C18H23N3O4. The Morgan fingerprint density at radius 3 is 2.84 bits per heavy atom. The monoisotopic (exact) mass is 345 g/mol. The van der Waals surface area contributed by atoms with Crippen LogP contribution in [0.4, 0.5) is 4.79 Å². The topological polar surface area (TPSA) is 95.7 Å². The Morgan fingerprint density at radius 2 is 2.16 bits per heavy atom. The van der Waals surface area contributed by atoms with Crippen molar-refractivity contribution in [2.45, 2.75) is 39.2 Å². The molecule has 1 aliphatic heterocycles. The standard InChI is InChI=1S/C18H23N3O4/c1-11(2)16-19-15-6-5-13(22)8-14(15)17(23)21(16)10-12-4-3-7-20(9-12)18(24)25/h5-6,8,11-12,22H,3-4,7,9-10H2,1-2H3,(H,24,25)/t12-/m1/s1. The van der Waals surface area contributed by atoms with Crippen molar-refractivity contribution in [2.75, 3.05) is 13.1 Å². The van der Waals surface area contributed by atoms with E-state index in [-0.39, 0.29) is 23.1 Å². The van der Waals surface area contributed by atoms with Crippen LogP contribution in [0.15, 0.2) is 23.0 Å². The third-order valence-corrected chi connectivity index (χ3v) is 4.71. The van der Waals surface area contributed by atoms with Crippen molar-refractivity contribution in [1.29, 1.82) is 0 Å². The number of piperidine rings is 1. The van der Waals surface area contributed by atoms with Gasteiger partial charge in [-0.05, 0) is 37.0 Å². The smallest absolute Gasteiger partial charge is 0.407 e. The van der Waals surface area contributed by atoms with Gasteiger partial charge in [-0.3, -0.25) is 9.36 Å². The lowest BCUT2D eigenvalue weighted by Crippen LogP contribution is -2.41. The van der Waals surface area contributed by atoms with Crippen molar-refractivity contribution in [1.82, 2.24) is 14.5 Å². The summed E-state index contributed by atoms with van der Waals surface area (Å²) in [6.07, 6.45) is 0.763. The number of phenols is 1. The predicted molar refractivity (Wildman–Crippen MR) is 94.1 cm³/mol. The zero-order chi connectivity index (χ0) is 18.1. The second-order valence-corrected chi connectivity index (χ2v) is 6.98. The lowest BCUT2D eigenvalue weighted by atomic mass is 9.97. The van der Waals surface area contributed by atoms with Gasteiger partial charge in [0, 0.05) is 25.6 Å². The average Bonchev–Trinajstić information content (AvgIpc) is 2.57. The molecule has 7 nitrogen and oxygen atoms in total. The Balaban J connectivity index is 2.02. The number of phenolic OH excluding ortho intramolecular Hbond substituents is 1. The first-order valence-electron chi connectivity index (χ1n) is 8.58. The van der Waals surface area contributed by atoms with E-state index in [1.165, 1.54) is 17.0 Å². The third kappa shape index (κ3) is 3.45.